The highest BCUT2D eigenvalue weighted by atomic mass is 32.2. The van der Waals surface area contributed by atoms with Crippen LogP contribution in [0, 0.1) is 5.82 Å². The normalized spacial score (nSPS) is 15.5. The number of sulfonamides is 1. The van der Waals surface area contributed by atoms with Crippen molar-refractivity contribution in [1.29, 1.82) is 0 Å². The third-order valence-electron chi connectivity index (χ3n) is 5.73. The predicted molar refractivity (Wildman–Crippen MR) is 123 cm³/mol. The first kappa shape index (κ1) is 25.5. The first-order chi connectivity index (χ1) is 17.2. The smallest absolute Gasteiger partial charge is 0.341 e. The van der Waals surface area contributed by atoms with Gasteiger partial charge in [-0.05, 0) is 66.8 Å². The molecule has 0 radical (unpaired) electrons. The van der Waals surface area contributed by atoms with Crippen LogP contribution in [0.15, 0.2) is 71.6 Å². The van der Waals surface area contributed by atoms with Gasteiger partial charge >= 0.3 is 12.5 Å². The van der Waals surface area contributed by atoms with Crippen molar-refractivity contribution in [2.24, 2.45) is 0 Å². The average Bonchev–Trinajstić information content (AvgIpc) is 2.84. The Morgan fingerprint density at radius 3 is 2.47 bits per heavy atom. The second-order valence-electron chi connectivity index (χ2n) is 8.03. The molecule has 0 heterocycles. The van der Waals surface area contributed by atoms with Crippen LogP contribution in [0.2, 0.25) is 0 Å². The largest absolute Gasteiger partial charge is 0.482 e. The highest BCUT2D eigenvalue weighted by Crippen LogP contribution is 2.42. The molecule has 3 aromatic carbocycles. The van der Waals surface area contributed by atoms with Crippen LogP contribution >= 0.6 is 0 Å². The number of para-hydroxylation sites is 1. The molecule has 11 heteroatoms. The van der Waals surface area contributed by atoms with E-state index in [-0.39, 0.29) is 27.8 Å². The quantitative estimate of drug-likeness (QED) is 0.381. The maximum atomic E-state index is 14.8. The molecule has 0 aliphatic heterocycles. The molecule has 0 aromatic heterocycles. The molecule has 36 heavy (non-hydrogen) atoms. The molecule has 0 amide bonds. The predicted octanol–water partition coefficient (Wildman–Crippen LogP) is 5.37. The molecule has 0 unspecified atom stereocenters. The van der Waals surface area contributed by atoms with Crippen LogP contribution in [0.25, 0.3) is 0 Å². The van der Waals surface area contributed by atoms with Crippen LogP contribution < -0.4 is 9.47 Å². The van der Waals surface area contributed by atoms with Gasteiger partial charge in [0.1, 0.15) is 11.5 Å². The van der Waals surface area contributed by atoms with Gasteiger partial charge in [0, 0.05) is 0 Å². The second-order valence-corrected chi connectivity index (χ2v) is 9.88. The SMILES string of the molecule is O=C(O)COc1cccc2c1CCC[C@H]2N(C(F)F)S(=O)(=O)c1ccc(Oc2ccccc2)c(F)c1. The molecule has 3 aromatic rings. The fraction of sp³-hybridized carbons (Fsp3) is 0.240. The molecule has 0 saturated heterocycles. The van der Waals surface area contributed by atoms with Crippen LogP contribution in [0.3, 0.4) is 0 Å². The summed E-state index contributed by atoms with van der Waals surface area (Å²) < 4.78 is 80.8. The van der Waals surface area contributed by atoms with E-state index in [1.165, 1.54) is 18.2 Å². The highest BCUT2D eigenvalue weighted by Gasteiger charge is 2.41. The van der Waals surface area contributed by atoms with Crippen molar-refractivity contribution >= 4 is 16.0 Å². The van der Waals surface area contributed by atoms with Gasteiger partial charge in [-0.15, -0.1) is 4.31 Å². The Balaban J connectivity index is 1.68. The summed E-state index contributed by atoms with van der Waals surface area (Å²) in [6, 6.07) is 14.2. The number of carboxylic acids is 1. The van der Waals surface area contributed by atoms with Crippen molar-refractivity contribution in [3.8, 4) is 17.2 Å². The van der Waals surface area contributed by atoms with Gasteiger partial charge < -0.3 is 14.6 Å². The molecule has 0 spiro atoms. The number of fused-ring (bicyclic) bond motifs is 1. The van der Waals surface area contributed by atoms with E-state index in [0.29, 0.717) is 30.2 Å². The summed E-state index contributed by atoms with van der Waals surface area (Å²) in [5, 5.41) is 8.90. The number of alkyl halides is 2. The van der Waals surface area contributed by atoms with Crippen molar-refractivity contribution in [2.45, 2.75) is 36.7 Å². The summed E-state index contributed by atoms with van der Waals surface area (Å²) in [5.74, 6) is -1.98. The number of ether oxygens (including phenoxy) is 2. The number of carbonyl (C=O) groups is 1. The number of hydrogen-bond acceptors (Lipinski definition) is 5. The summed E-state index contributed by atoms with van der Waals surface area (Å²) >= 11 is 0. The van der Waals surface area contributed by atoms with Crippen molar-refractivity contribution in [3.05, 3.63) is 83.7 Å². The van der Waals surface area contributed by atoms with E-state index >= 15 is 0 Å². The van der Waals surface area contributed by atoms with Crippen LogP contribution in [0.5, 0.6) is 17.2 Å². The molecule has 4 rings (SSSR count). The van der Waals surface area contributed by atoms with Crippen molar-refractivity contribution < 1.29 is 41.0 Å². The minimum Gasteiger partial charge on any atom is -0.482 e. The van der Waals surface area contributed by atoms with Crippen molar-refractivity contribution in [1.82, 2.24) is 4.31 Å². The van der Waals surface area contributed by atoms with Gasteiger partial charge in [-0.1, -0.05) is 30.3 Å². The van der Waals surface area contributed by atoms with Gasteiger partial charge in [0.25, 0.3) is 0 Å². The maximum Gasteiger partial charge on any atom is 0.341 e. The first-order valence-corrected chi connectivity index (χ1v) is 12.4. The zero-order chi connectivity index (χ0) is 25.9. The molecule has 1 atom stereocenters. The van der Waals surface area contributed by atoms with Gasteiger partial charge in [0.2, 0.25) is 10.0 Å². The summed E-state index contributed by atoms with van der Waals surface area (Å²) in [6.07, 6.45) is 0.859. The third kappa shape index (κ3) is 5.31. The monoisotopic (exact) mass is 521 g/mol. The zero-order valence-corrected chi connectivity index (χ0v) is 19.6. The standard InChI is InChI=1S/C25H22F3NO6S/c26-20-14-17(12-13-23(20)35-16-6-2-1-3-7-16)36(32,33)29(25(27)28)21-10-4-9-19-18(21)8-5-11-22(19)34-15-24(30)31/h1-3,5-8,11-14,21,25H,4,9-10,15H2,(H,30,31)/t21-/m1/s1. The fourth-order valence-electron chi connectivity index (χ4n) is 4.20. The molecule has 1 aliphatic rings. The average molecular weight is 522 g/mol. The minimum atomic E-state index is -4.84. The van der Waals surface area contributed by atoms with E-state index in [9.17, 15) is 26.4 Å². The van der Waals surface area contributed by atoms with Gasteiger partial charge in [-0.2, -0.15) is 8.78 Å². The van der Waals surface area contributed by atoms with E-state index in [4.69, 9.17) is 14.6 Å². The lowest BCUT2D eigenvalue weighted by Crippen LogP contribution is -2.40. The Morgan fingerprint density at radius 2 is 1.81 bits per heavy atom. The molecular formula is C25H22F3NO6S. The fourth-order valence-corrected chi connectivity index (χ4v) is 5.70. The molecule has 1 aliphatic carbocycles. The second kappa shape index (κ2) is 10.6. The summed E-state index contributed by atoms with van der Waals surface area (Å²) in [4.78, 5) is 10.2. The van der Waals surface area contributed by atoms with E-state index in [2.05, 4.69) is 0 Å². The third-order valence-corrected chi connectivity index (χ3v) is 7.55. The van der Waals surface area contributed by atoms with Gasteiger partial charge in [0.15, 0.2) is 18.2 Å². The molecule has 1 N–H and O–H groups in total. The number of aliphatic carboxylic acids is 1. The van der Waals surface area contributed by atoms with Crippen LogP contribution in [-0.4, -0.2) is 37.0 Å². The number of rotatable bonds is 9. The van der Waals surface area contributed by atoms with Crippen molar-refractivity contribution in [2.75, 3.05) is 6.61 Å². The first-order valence-electron chi connectivity index (χ1n) is 11.0. The topological polar surface area (TPSA) is 93.1 Å². The number of hydrogen-bond donors (Lipinski definition) is 1. The number of benzene rings is 3. The van der Waals surface area contributed by atoms with Gasteiger partial charge in [0.05, 0.1) is 10.9 Å². The number of halogens is 3. The van der Waals surface area contributed by atoms with Gasteiger partial charge in [-0.25, -0.2) is 17.6 Å². The van der Waals surface area contributed by atoms with E-state index < -0.39 is 45.9 Å². The molecule has 0 fully saturated rings. The van der Waals surface area contributed by atoms with E-state index in [0.717, 1.165) is 12.1 Å². The van der Waals surface area contributed by atoms with Crippen LogP contribution in [0.1, 0.15) is 30.0 Å². The lowest BCUT2D eigenvalue weighted by molar-refractivity contribution is -0.139. The zero-order valence-electron chi connectivity index (χ0n) is 18.8. The molecule has 7 nitrogen and oxygen atoms in total. The summed E-state index contributed by atoms with van der Waals surface area (Å²) in [5.41, 5.74) is 0.756. The highest BCUT2D eigenvalue weighted by molar-refractivity contribution is 7.89. The molecule has 0 bridgehead atoms. The summed E-state index contributed by atoms with van der Waals surface area (Å²) in [6.45, 7) is -4.05. The Labute approximate surface area is 205 Å². The van der Waals surface area contributed by atoms with E-state index in [1.54, 1.807) is 30.3 Å². The maximum absolute atomic E-state index is 14.8. The lowest BCUT2D eigenvalue weighted by Gasteiger charge is -2.35. The Bertz CT molecular complexity index is 1350. The van der Waals surface area contributed by atoms with E-state index in [1.807, 2.05) is 0 Å². The molecular weight excluding hydrogens is 499 g/mol. The van der Waals surface area contributed by atoms with Crippen LogP contribution in [0.4, 0.5) is 13.2 Å². The Kier molecular flexibility index (Phi) is 7.51. The minimum absolute atomic E-state index is 0.0679. The Morgan fingerprint density at radius 1 is 1.06 bits per heavy atom. The van der Waals surface area contributed by atoms with Crippen LogP contribution in [-0.2, 0) is 21.2 Å². The number of carboxylic acid groups (broad SMARTS) is 1. The molecule has 0 saturated carbocycles. The van der Waals surface area contributed by atoms with Crippen molar-refractivity contribution in [3.63, 3.8) is 0 Å². The van der Waals surface area contributed by atoms with Gasteiger partial charge in [-0.3, -0.25) is 0 Å². The Hall–Kier alpha value is -3.57. The summed E-state index contributed by atoms with van der Waals surface area (Å²) in [7, 11) is -4.84. The lowest BCUT2D eigenvalue weighted by atomic mass is 9.87. The molecule has 190 valence electrons. The number of nitrogens with zero attached hydrogens (tertiary/aromatic N) is 1.